The van der Waals surface area contributed by atoms with Crippen LogP contribution in [0.3, 0.4) is 0 Å². The molecule has 1 rings (SSSR count). The summed E-state index contributed by atoms with van der Waals surface area (Å²) in [5.74, 6) is 0.628. The van der Waals surface area contributed by atoms with Crippen molar-refractivity contribution < 1.29 is 14.9 Å². The zero-order valence-electron chi connectivity index (χ0n) is 10.2. The van der Waals surface area contributed by atoms with E-state index in [1.54, 1.807) is 24.3 Å². The van der Waals surface area contributed by atoms with E-state index >= 15 is 0 Å². The normalized spacial score (nSPS) is 11.8. The first kappa shape index (κ1) is 14.5. The molecule has 0 radical (unpaired) electrons. The van der Waals surface area contributed by atoms with Crippen LogP contribution in [0.5, 0.6) is 5.75 Å². The largest absolute Gasteiger partial charge is 0.491 e. The molecule has 0 aliphatic heterocycles. The number of nitrogens with one attached hydrogen (secondary N) is 1. The highest BCUT2D eigenvalue weighted by molar-refractivity contribution is 5.34. The highest BCUT2D eigenvalue weighted by Gasteiger charge is 2.04. The summed E-state index contributed by atoms with van der Waals surface area (Å²) in [7, 11) is 0. The molecule has 5 heteroatoms. The number of aliphatic hydroxyl groups excluding tert-OH is 2. The van der Waals surface area contributed by atoms with E-state index in [1.165, 1.54) is 0 Å². The lowest BCUT2D eigenvalue weighted by Crippen LogP contribution is -2.32. The molecule has 0 aliphatic carbocycles. The predicted octanol–water partition coefficient (Wildman–Crippen LogP) is 0.270. The number of rotatable bonds is 8. The Balaban J connectivity index is 2.21. The van der Waals surface area contributed by atoms with Gasteiger partial charge in [-0.25, -0.2) is 0 Å². The number of nitriles is 1. The quantitative estimate of drug-likeness (QED) is 0.577. The third-order valence-electron chi connectivity index (χ3n) is 2.32. The summed E-state index contributed by atoms with van der Waals surface area (Å²) in [6, 6.07) is 8.76. The van der Waals surface area contributed by atoms with E-state index in [0.29, 0.717) is 30.8 Å². The second-order valence-corrected chi connectivity index (χ2v) is 3.88. The van der Waals surface area contributed by atoms with Gasteiger partial charge in [0.05, 0.1) is 11.6 Å². The summed E-state index contributed by atoms with van der Waals surface area (Å²) in [6.07, 6.45) is 0.0720. The van der Waals surface area contributed by atoms with Crippen LogP contribution >= 0.6 is 0 Å². The van der Waals surface area contributed by atoms with Crippen LogP contribution in [-0.4, -0.2) is 42.6 Å². The number of aliphatic hydroxyl groups is 2. The zero-order valence-corrected chi connectivity index (χ0v) is 10.2. The van der Waals surface area contributed by atoms with Gasteiger partial charge in [0, 0.05) is 13.2 Å². The van der Waals surface area contributed by atoms with Gasteiger partial charge in [0.1, 0.15) is 18.5 Å². The number of nitrogens with zero attached hydrogens (tertiary/aromatic N) is 1. The molecule has 18 heavy (non-hydrogen) atoms. The van der Waals surface area contributed by atoms with Gasteiger partial charge in [0.2, 0.25) is 0 Å². The van der Waals surface area contributed by atoms with Crippen molar-refractivity contribution in [1.82, 2.24) is 5.32 Å². The van der Waals surface area contributed by atoms with Gasteiger partial charge in [0.25, 0.3) is 0 Å². The molecule has 0 aromatic heterocycles. The van der Waals surface area contributed by atoms with Crippen molar-refractivity contribution >= 4 is 0 Å². The molecule has 0 saturated heterocycles. The van der Waals surface area contributed by atoms with E-state index in [0.717, 1.165) is 0 Å². The molecule has 0 heterocycles. The number of hydrogen-bond acceptors (Lipinski definition) is 5. The van der Waals surface area contributed by atoms with Crippen molar-refractivity contribution in [1.29, 1.82) is 5.26 Å². The molecule has 0 bridgehead atoms. The van der Waals surface area contributed by atoms with Gasteiger partial charge in [-0.1, -0.05) is 0 Å². The minimum absolute atomic E-state index is 0.144. The summed E-state index contributed by atoms with van der Waals surface area (Å²) in [6.45, 7) is 1.43. The highest BCUT2D eigenvalue weighted by Crippen LogP contribution is 2.11. The lowest BCUT2D eigenvalue weighted by atomic mass is 10.2. The van der Waals surface area contributed by atoms with Crippen LogP contribution in [0.2, 0.25) is 0 Å². The molecule has 5 nitrogen and oxygen atoms in total. The van der Waals surface area contributed by atoms with Gasteiger partial charge < -0.3 is 20.3 Å². The molecule has 1 aromatic carbocycles. The van der Waals surface area contributed by atoms with Crippen LogP contribution in [0.15, 0.2) is 24.3 Å². The van der Waals surface area contributed by atoms with Crippen LogP contribution in [0.4, 0.5) is 0 Å². The molecule has 98 valence electrons. The first-order chi connectivity index (χ1) is 8.76. The maximum absolute atomic E-state index is 9.61. The Kier molecular flexibility index (Phi) is 6.81. The topological polar surface area (TPSA) is 85.5 Å². The van der Waals surface area contributed by atoms with Crippen LogP contribution in [0, 0.1) is 11.3 Å². The van der Waals surface area contributed by atoms with Gasteiger partial charge in [-0.2, -0.15) is 5.26 Å². The summed E-state index contributed by atoms with van der Waals surface area (Å²) < 4.78 is 5.38. The molecular weight excluding hydrogens is 232 g/mol. The lowest BCUT2D eigenvalue weighted by molar-refractivity contribution is 0.106. The molecule has 1 unspecified atom stereocenters. The fraction of sp³-hybridized carbons (Fsp3) is 0.462. The highest BCUT2D eigenvalue weighted by atomic mass is 16.5. The molecular formula is C13H18N2O3. The smallest absolute Gasteiger partial charge is 0.119 e. The van der Waals surface area contributed by atoms with Crippen LogP contribution < -0.4 is 10.1 Å². The molecule has 0 amide bonds. The van der Waals surface area contributed by atoms with Crippen molar-refractivity contribution in [2.24, 2.45) is 0 Å². The first-order valence-corrected chi connectivity index (χ1v) is 5.89. The third-order valence-corrected chi connectivity index (χ3v) is 2.32. The van der Waals surface area contributed by atoms with E-state index < -0.39 is 6.10 Å². The van der Waals surface area contributed by atoms with E-state index in [4.69, 9.17) is 15.1 Å². The molecule has 1 aromatic rings. The minimum atomic E-state index is -0.598. The van der Waals surface area contributed by atoms with E-state index in [2.05, 4.69) is 5.32 Å². The second kappa shape index (κ2) is 8.48. The number of ether oxygens (including phenoxy) is 1. The average molecular weight is 250 g/mol. The van der Waals surface area contributed by atoms with Gasteiger partial charge in [-0.05, 0) is 37.2 Å². The van der Waals surface area contributed by atoms with Gasteiger partial charge in [0.15, 0.2) is 0 Å². The van der Waals surface area contributed by atoms with Gasteiger partial charge in [-0.3, -0.25) is 0 Å². The zero-order chi connectivity index (χ0) is 13.2. The Bertz CT molecular complexity index is 373. The summed E-state index contributed by atoms with van der Waals surface area (Å²) >= 11 is 0. The summed E-state index contributed by atoms with van der Waals surface area (Å²) in [5, 5.41) is 29.8. The Labute approximate surface area is 107 Å². The van der Waals surface area contributed by atoms with E-state index in [1.807, 2.05) is 6.07 Å². The predicted molar refractivity (Wildman–Crippen MR) is 67.2 cm³/mol. The van der Waals surface area contributed by atoms with Crippen LogP contribution in [-0.2, 0) is 0 Å². The molecule has 0 spiro atoms. The van der Waals surface area contributed by atoms with Crippen molar-refractivity contribution in [3.63, 3.8) is 0 Å². The van der Waals surface area contributed by atoms with Gasteiger partial charge >= 0.3 is 0 Å². The van der Waals surface area contributed by atoms with Gasteiger partial charge in [-0.15, -0.1) is 0 Å². The van der Waals surface area contributed by atoms with E-state index in [-0.39, 0.29) is 13.2 Å². The molecule has 0 fully saturated rings. The summed E-state index contributed by atoms with van der Waals surface area (Å²) in [4.78, 5) is 0. The molecule has 1 atom stereocenters. The Morgan fingerprint density at radius 1 is 1.33 bits per heavy atom. The Hall–Kier alpha value is -1.61. The maximum atomic E-state index is 9.61. The Morgan fingerprint density at radius 3 is 2.67 bits per heavy atom. The van der Waals surface area contributed by atoms with Crippen molar-refractivity contribution in [2.75, 3.05) is 26.3 Å². The number of hydrogen-bond donors (Lipinski definition) is 3. The second-order valence-electron chi connectivity index (χ2n) is 3.88. The molecule has 0 aliphatic rings. The molecule has 3 N–H and O–H groups in total. The Morgan fingerprint density at radius 2 is 2.06 bits per heavy atom. The minimum Gasteiger partial charge on any atom is -0.491 e. The van der Waals surface area contributed by atoms with Crippen LogP contribution in [0.25, 0.3) is 0 Å². The fourth-order valence-electron chi connectivity index (χ4n) is 1.35. The standard InChI is InChI=1S/C13H18N2O3/c14-8-11-2-4-13(5-3-11)18-10-12(17)9-15-6-1-7-16/h2-5,12,15-17H,1,6-7,9-10H2. The van der Waals surface area contributed by atoms with Crippen molar-refractivity contribution in [2.45, 2.75) is 12.5 Å². The number of benzene rings is 1. The lowest BCUT2D eigenvalue weighted by Gasteiger charge is -2.13. The van der Waals surface area contributed by atoms with Crippen molar-refractivity contribution in [3.8, 4) is 11.8 Å². The van der Waals surface area contributed by atoms with Crippen molar-refractivity contribution in [3.05, 3.63) is 29.8 Å². The molecule has 0 saturated carbocycles. The average Bonchev–Trinajstić information content (AvgIpc) is 2.42. The van der Waals surface area contributed by atoms with Crippen LogP contribution in [0.1, 0.15) is 12.0 Å². The summed E-state index contributed by atoms with van der Waals surface area (Å²) in [5.41, 5.74) is 0.577. The monoisotopic (exact) mass is 250 g/mol. The SMILES string of the molecule is N#Cc1ccc(OCC(O)CNCCCO)cc1. The first-order valence-electron chi connectivity index (χ1n) is 5.89. The third kappa shape index (κ3) is 5.64. The van der Waals surface area contributed by atoms with E-state index in [9.17, 15) is 5.11 Å². The fourth-order valence-corrected chi connectivity index (χ4v) is 1.35. The maximum Gasteiger partial charge on any atom is 0.119 e.